The molecule has 0 aliphatic carbocycles. The third-order valence-electron chi connectivity index (χ3n) is 3.50. The molecule has 0 unspecified atom stereocenters. The lowest BCUT2D eigenvalue weighted by Crippen LogP contribution is -2.49. The van der Waals surface area contributed by atoms with Gasteiger partial charge >= 0.3 is 6.18 Å². The molecule has 1 fully saturated rings. The molecular formula is C14H16BrF3N2O. The Balaban J connectivity index is 2.04. The summed E-state index contributed by atoms with van der Waals surface area (Å²) in [6.07, 6.45) is -4.43. The minimum atomic E-state index is -4.43. The lowest BCUT2D eigenvalue weighted by Gasteiger charge is -2.34. The number of hydrogen-bond acceptors (Lipinski definition) is 2. The topological polar surface area (TPSA) is 23.6 Å². The molecule has 0 atom stereocenters. The molecule has 0 saturated carbocycles. The Morgan fingerprint density at radius 3 is 2.43 bits per heavy atom. The van der Waals surface area contributed by atoms with Crippen LogP contribution in [0.2, 0.25) is 0 Å². The highest BCUT2D eigenvalue weighted by atomic mass is 79.9. The highest BCUT2D eigenvalue weighted by molar-refractivity contribution is 9.09. The first-order chi connectivity index (χ1) is 9.91. The summed E-state index contributed by atoms with van der Waals surface area (Å²) in [5.74, 6) is -0.334. The van der Waals surface area contributed by atoms with E-state index in [-0.39, 0.29) is 11.5 Å². The number of rotatable bonds is 3. The molecule has 1 aliphatic rings. The fraction of sp³-hybridized carbons (Fsp3) is 0.500. The summed E-state index contributed by atoms with van der Waals surface area (Å²) < 4.78 is 38.0. The summed E-state index contributed by atoms with van der Waals surface area (Å²) >= 11 is 3.36. The van der Waals surface area contributed by atoms with Crippen LogP contribution in [0.1, 0.15) is 15.9 Å². The Kier molecular flexibility index (Phi) is 5.27. The molecule has 1 saturated heterocycles. The number of hydrogen-bond donors (Lipinski definition) is 0. The molecule has 1 aliphatic heterocycles. The largest absolute Gasteiger partial charge is 0.416 e. The van der Waals surface area contributed by atoms with E-state index in [9.17, 15) is 18.0 Å². The van der Waals surface area contributed by atoms with Crippen LogP contribution in [0, 0.1) is 0 Å². The zero-order chi connectivity index (χ0) is 15.5. The lowest BCUT2D eigenvalue weighted by atomic mass is 10.1. The maximum absolute atomic E-state index is 12.7. The predicted octanol–water partition coefficient (Wildman–Crippen LogP) is 2.86. The van der Waals surface area contributed by atoms with Crippen LogP contribution < -0.4 is 0 Å². The van der Waals surface area contributed by atoms with Gasteiger partial charge in [0.05, 0.1) is 5.56 Å². The summed E-state index contributed by atoms with van der Waals surface area (Å²) in [5, 5.41) is 0.870. The molecule has 7 heteroatoms. The lowest BCUT2D eigenvalue weighted by molar-refractivity contribution is -0.137. The van der Waals surface area contributed by atoms with Crippen molar-refractivity contribution < 1.29 is 18.0 Å². The molecule has 1 aromatic rings. The van der Waals surface area contributed by atoms with E-state index in [0.717, 1.165) is 37.1 Å². The molecule has 116 valence electrons. The van der Waals surface area contributed by atoms with Gasteiger partial charge < -0.3 is 4.90 Å². The van der Waals surface area contributed by atoms with Crippen LogP contribution in [0.5, 0.6) is 0 Å². The van der Waals surface area contributed by atoms with E-state index in [0.29, 0.717) is 13.1 Å². The summed E-state index contributed by atoms with van der Waals surface area (Å²) in [7, 11) is 0. The quantitative estimate of drug-likeness (QED) is 0.770. The van der Waals surface area contributed by atoms with Gasteiger partial charge in [0.25, 0.3) is 5.91 Å². The van der Waals surface area contributed by atoms with Crippen LogP contribution in [-0.2, 0) is 6.18 Å². The fourth-order valence-electron chi connectivity index (χ4n) is 2.31. The van der Waals surface area contributed by atoms with Crippen molar-refractivity contribution in [1.82, 2.24) is 9.80 Å². The van der Waals surface area contributed by atoms with Gasteiger partial charge in [-0.2, -0.15) is 13.2 Å². The third kappa shape index (κ3) is 4.20. The Hall–Kier alpha value is -1.08. The van der Waals surface area contributed by atoms with Crippen molar-refractivity contribution in [2.24, 2.45) is 0 Å². The van der Waals surface area contributed by atoms with Crippen molar-refractivity contribution in [3.63, 3.8) is 0 Å². The second kappa shape index (κ2) is 6.79. The van der Waals surface area contributed by atoms with Crippen molar-refractivity contribution in [2.45, 2.75) is 6.18 Å². The van der Waals surface area contributed by atoms with Crippen LogP contribution in [0.15, 0.2) is 24.3 Å². The van der Waals surface area contributed by atoms with Gasteiger partial charge in [0.15, 0.2) is 0 Å². The standard InChI is InChI=1S/C14H16BrF3N2O/c15-4-5-19-6-8-20(9-7-19)13(21)11-2-1-3-12(10-11)14(16,17)18/h1-3,10H,4-9H2. The van der Waals surface area contributed by atoms with Gasteiger partial charge in [-0.25, -0.2) is 0 Å². The molecule has 0 N–H and O–H groups in total. The van der Waals surface area contributed by atoms with Crippen molar-refractivity contribution in [3.8, 4) is 0 Å². The van der Waals surface area contributed by atoms with Gasteiger partial charge in [-0.15, -0.1) is 0 Å². The number of piperazine rings is 1. The maximum Gasteiger partial charge on any atom is 0.416 e. The number of halogens is 4. The molecule has 1 heterocycles. The highest BCUT2D eigenvalue weighted by Crippen LogP contribution is 2.29. The zero-order valence-corrected chi connectivity index (χ0v) is 13.0. The number of carbonyl (C=O) groups is 1. The van der Waals surface area contributed by atoms with Crippen LogP contribution in [0.4, 0.5) is 13.2 Å². The normalized spacial score (nSPS) is 17.0. The number of alkyl halides is 4. The molecule has 0 bridgehead atoms. The second-order valence-electron chi connectivity index (χ2n) is 4.90. The Labute approximate surface area is 129 Å². The fourth-order valence-corrected chi connectivity index (χ4v) is 2.81. The average Bonchev–Trinajstić information content (AvgIpc) is 2.47. The average molecular weight is 365 g/mol. The second-order valence-corrected chi connectivity index (χ2v) is 5.69. The van der Waals surface area contributed by atoms with Crippen molar-refractivity contribution >= 4 is 21.8 Å². The maximum atomic E-state index is 12.7. The first-order valence-corrected chi connectivity index (χ1v) is 7.79. The number of amides is 1. The number of benzene rings is 1. The summed E-state index contributed by atoms with van der Waals surface area (Å²) in [4.78, 5) is 16.1. The van der Waals surface area contributed by atoms with Gasteiger partial charge in [-0.3, -0.25) is 9.69 Å². The van der Waals surface area contributed by atoms with Crippen LogP contribution in [0.3, 0.4) is 0 Å². The van der Waals surface area contributed by atoms with E-state index in [2.05, 4.69) is 20.8 Å². The Bertz CT molecular complexity index is 499. The molecule has 0 aromatic heterocycles. The van der Waals surface area contributed by atoms with Crippen molar-refractivity contribution in [3.05, 3.63) is 35.4 Å². The molecule has 0 spiro atoms. The SMILES string of the molecule is O=C(c1cccc(C(F)(F)F)c1)N1CCN(CCBr)CC1. The van der Waals surface area contributed by atoms with E-state index < -0.39 is 11.7 Å². The van der Waals surface area contributed by atoms with Gasteiger partial charge in [0.2, 0.25) is 0 Å². The van der Waals surface area contributed by atoms with E-state index in [4.69, 9.17) is 0 Å². The van der Waals surface area contributed by atoms with Gasteiger partial charge in [0, 0.05) is 43.6 Å². The summed E-state index contributed by atoms with van der Waals surface area (Å²) in [6, 6.07) is 4.61. The molecular weight excluding hydrogens is 349 g/mol. The summed E-state index contributed by atoms with van der Waals surface area (Å²) in [6.45, 7) is 3.49. The molecule has 1 aromatic carbocycles. The number of nitrogens with zero attached hydrogens (tertiary/aromatic N) is 2. The summed E-state index contributed by atoms with van der Waals surface area (Å²) in [5.41, 5.74) is -0.690. The van der Waals surface area contributed by atoms with E-state index in [1.165, 1.54) is 12.1 Å². The van der Waals surface area contributed by atoms with Crippen LogP contribution in [0.25, 0.3) is 0 Å². The van der Waals surface area contributed by atoms with Crippen molar-refractivity contribution in [1.29, 1.82) is 0 Å². The van der Waals surface area contributed by atoms with Crippen molar-refractivity contribution in [2.75, 3.05) is 38.1 Å². The van der Waals surface area contributed by atoms with Gasteiger partial charge in [0.1, 0.15) is 0 Å². The minimum Gasteiger partial charge on any atom is -0.336 e. The third-order valence-corrected chi connectivity index (χ3v) is 3.85. The minimum absolute atomic E-state index is 0.0961. The van der Waals surface area contributed by atoms with E-state index in [1.807, 2.05) is 0 Å². The Morgan fingerprint density at radius 2 is 1.86 bits per heavy atom. The number of carbonyl (C=O) groups excluding carboxylic acids is 1. The molecule has 0 radical (unpaired) electrons. The molecule has 2 rings (SSSR count). The van der Waals surface area contributed by atoms with Crippen LogP contribution >= 0.6 is 15.9 Å². The smallest absolute Gasteiger partial charge is 0.336 e. The molecule has 3 nitrogen and oxygen atoms in total. The first-order valence-electron chi connectivity index (χ1n) is 6.66. The first kappa shape index (κ1) is 16.3. The van der Waals surface area contributed by atoms with Gasteiger partial charge in [-0.05, 0) is 18.2 Å². The van der Waals surface area contributed by atoms with Crippen LogP contribution in [-0.4, -0.2) is 53.8 Å². The highest BCUT2D eigenvalue weighted by Gasteiger charge is 2.31. The zero-order valence-electron chi connectivity index (χ0n) is 11.4. The Morgan fingerprint density at radius 1 is 1.19 bits per heavy atom. The monoisotopic (exact) mass is 364 g/mol. The van der Waals surface area contributed by atoms with E-state index in [1.54, 1.807) is 4.90 Å². The molecule has 1 amide bonds. The molecule has 21 heavy (non-hydrogen) atoms. The van der Waals surface area contributed by atoms with E-state index >= 15 is 0 Å². The van der Waals surface area contributed by atoms with Gasteiger partial charge in [-0.1, -0.05) is 22.0 Å². The predicted molar refractivity (Wildman–Crippen MR) is 77.6 cm³/mol.